The molecule has 0 spiro atoms. The molecule has 0 saturated carbocycles. The van der Waals surface area contributed by atoms with Gasteiger partial charge in [0.1, 0.15) is 12.4 Å². The topological polar surface area (TPSA) is 35.2 Å². The Hall–Kier alpha value is -1.09. The molecule has 0 aliphatic heterocycles. The number of halogens is 1. The summed E-state index contributed by atoms with van der Waals surface area (Å²) in [6.07, 6.45) is 0.549. The maximum Gasteiger partial charge on any atom is 0.119 e. The Labute approximate surface area is 77.5 Å². The van der Waals surface area contributed by atoms with Gasteiger partial charge in [0, 0.05) is 6.04 Å². The van der Waals surface area contributed by atoms with Gasteiger partial charge in [-0.3, -0.25) is 0 Å². The quantitative estimate of drug-likeness (QED) is 0.768. The molecule has 2 nitrogen and oxygen atoms in total. The van der Waals surface area contributed by atoms with E-state index in [9.17, 15) is 4.39 Å². The summed E-state index contributed by atoms with van der Waals surface area (Å²) in [5.41, 5.74) is 6.48. The van der Waals surface area contributed by atoms with Crippen LogP contribution in [0.25, 0.3) is 0 Å². The van der Waals surface area contributed by atoms with Crippen LogP contribution in [-0.2, 0) is 6.42 Å². The lowest BCUT2D eigenvalue weighted by molar-refractivity contribution is 0.411. The molecule has 13 heavy (non-hydrogen) atoms. The van der Waals surface area contributed by atoms with E-state index in [1.165, 1.54) is 0 Å². The van der Waals surface area contributed by atoms with Crippen molar-refractivity contribution in [1.29, 1.82) is 0 Å². The van der Waals surface area contributed by atoms with Crippen LogP contribution in [0.15, 0.2) is 24.3 Å². The van der Waals surface area contributed by atoms with Crippen molar-refractivity contribution in [3.63, 3.8) is 0 Å². The number of benzene rings is 1. The van der Waals surface area contributed by atoms with Crippen molar-refractivity contribution in [2.75, 3.05) is 13.8 Å². The van der Waals surface area contributed by atoms with Crippen molar-refractivity contribution >= 4 is 0 Å². The molecule has 0 saturated heterocycles. The number of alkyl halides is 1. The summed E-state index contributed by atoms with van der Waals surface area (Å²) in [6.45, 7) is -0.489. The molecular formula is C10H14FNO. The van der Waals surface area contributed by atoms with E-state index < -0.39 is 12.7 Å². The van der Waals surface area contributed by atoms with Crippen molar-refractivity contribution in [2.45, 2.75) is 12.5 Å². The normalized spacial score (nSPS) is 12.5. The van der Waals surface area contributed by atoms with Crippen LogP contribution in [0.3, 0.4) is 0 Å². The van der Waals surface area contributed by atoms with E-state index in [0.29, 0.717) is 6.42 Å². The molecule has 0 amide bonds. The number of methoxy groups -OCH3 is 1. The third-order valence-electron chi connectivity index (χ3n) is 1.83. The summed E-state index contributed by atoms with van der Waals surface area (Å²) in [7, 11) is 1.61. The molecular weight excluding hydrogens is 169 g/mol. The summed E-state index contributed by atoms with van der Waals surface area (Å²) in [4.78, 5) is 0. The highest BCUT2D eigenvalue weighted by molar-refractivity contribution is 5.28. The van der Waals surface area contributed by atoms with E-state index >= 15 is 0 Å². The van der Waals surface area contributed by atoms with Crippen LogP contribution in [0, 0.1) is 0 Å². The van der Waals surface area contributed by atoms with Gasteiger partial charge in [-0.15, -0.1) is 0 Å². The largest absolute Gasteiger partial charge is 0.497 e. The molecule has 0 aromatic heterocycles. The van der Waals surface area contributed by atoms with Crippen molar-refractivity contribution < 1.29 is 9.13 Å². The number of hydrogen-bond donors (Lipinski definition) is 1. The van der Waals surface area contributed by atoms with Gasteiger partial charge in [-0.25, -0.2) is 4.39 Å². The standard InChI is InChI=1S/C10H14FNO/c1-13-10-4-2-3-8(6-10)5-9(12)7-11/h2-4,6,9H,5,7,12H2,1H3. The van der Waals surface area contributed by atoms with E-state index in [-0.39, 0.29) is 0 Å². The van der Waals surface area contributed by atoms with Crippen LogP contribution in [0.2, 0.25) is 0 Å². The van der Waals surface area contributed by atoms with Crippen LogP contribution in [0.4, 0.5) is 4.39 Å². The molecule has 0 heterocycles. The van der Waals surface area contributed by atoms with Crippen LogP contribution in [0.5, 0.6) is 5.75 Å². The second kappa shape index (κ2) is 4.82. The molecule has 3 heteroatoms. The van der Waals surface area contributed by atoms with Crippen molar-refractivity contribution in [1.82, 2.24) is 0 Å². The zero-order chi connectivity index (χ0) is 9.68. The van der Waals surface area contributed by atoms with Crippen LogP contribution >= 0.6 is 0 Å². The molecule has 0 bridgehead atoms. The SMILES string of the molecule is COc1cccc(CC(N)CF)c1. The Kier molecular flexibility index (Phi) is 3.71. The van der Waals surface area contributed by atoms with Gasteiger partial charge in [0.25, 0.3) is 0 Å². The molecule has 1 rings (SSSR count). The zero-order valence-electron chi connectivity index (χ0n) is 7.66. The number of ether oxygens (including phenoxy) is 1. The van der Waals surface area contributed by atoms with E-state index in [1.54, 1.807) is 7.11 Å². The van der Waals surface area contributed by atoms with Gasteiger partial charge in [-0.2, -0.15) is 0 Å². The first-order chi connectivity index (χ1) is 6.26. The highest BCUT2D eigenvalue weighted by atomic mass is 19.1. The smallest absolute Gasteiger partial charge is 0.119 e. The van der Waals surface area contributed by atoms with Crippen LogP contribution in [0.1, 0.15) is 5.56 Å². The molecule has 0 aliphatic rings. The highest BCUT2D eigenvalue weighted by Crippen LogP contribution is 2.13. The van der Waals surface area contributed by atoms with E-state index in [2.05, 4.69) is 0 Å². The minimum atomic E-state index is -0.489. The van der Waals surface area contributed by atoms with Crippen molar-refractivity contribution in [3.05, 3.63) is 29.8 Å². The molecule has 1 unspecified atom stereocenters. The monoisotopic (exact) mass is 183 g/mol. The molecule has 0 aliphatic carbocycles. The fraction of sp³-hybridized carbons (Fsp3) is 0.400. The average Bonchev–Trinajstić information content (AvgIpc) is 2.18. The van der Waals surface area contributed by atoms with Crippen molar-refractivity contribution in [3.8, 4) is 5.75 Å². The summed E-state index contributed by atoms with van der Waals surface area (Å²) in [5.74, 6) is 0.781. The minimum Gasteiger partial charge on any atom is -0.497 e. The van der Waals surface area contributed by atoms with E-state index in [1.807, 2.05) is 24.3 Å². The van der Waals surface area contributed by atoms with E-state index in [4.69, 9.17) is 10.5 Å². The number of hydrogen-bond acceptors (Lipinski definition) is 2. The Morgan fingerprint density at radius 1 is 1.54 bits per heavy atom. The van der Waals surface area contributed by atoms with Crippen LogP contribution < -0.4 is 10.5 Å². The van der Waals surface area contributed by atoms with E-state index in [0.717, 1.165) is 11.3 Å². The van der Waals surface area contributed by atoms with Gasteiger partial charge in [0.2, 0.25) is 0 Å². The molecule has 0 radical (unpaired) electrons. The predicted octanol–water partition coefficient (Wildman–Crippen LogP) is 1.53. The fourth-order valence-corrected chi connectivity index (χ4v) is 1.16. The first kappa shape index (κ1) is 9.99. The summed E-state index contributed by atoms with van der Waals surface area (Å²) < 4.78 is 17.1. The maximum absolute atomic E-state index is 12.1. The average molecular weight is 183 g/mol. The Morgan fingerprint density at radius 2 is 2.31 bits per heavy atom. The Balaban J connectivity index is 2.66. The number of rotatable bonds is 4. The molecule has 1 aromatic rings. The van der Waals surface area contributed by atoms with Gasteiger partial charge in [0.15, 0.2) is 0 Å². The summed E-state index contributed by atoms with van der Waals surface area (Å²) in [6, 6.07) is 7.10. The summed E-state index contributed by atoms with van der Waals surface area (Å²) in [5, 5.41) is 0. The second-order valence-corrected chi connectivity index (χ2v) is 2.97. The molecule has 72 valence electrons. The van der Waals surface area contributed by atoms with Crippen molar-refractivity contribution in [2.24, 2.45) is 5.73 Å². The molecule has 1 aromatic carbocycles. The first-order valence-corrected chi connectivity index (χ1v) is 4.20. The predicted molar refractivity (Wildman–Crippen MR) is 50.6 cm³/mol. The number of nitrogens with two attached hydrogens (primary N) is 1. The lowest BCUT2D eigenvalue weighted by Crippen LogP contribution is -2.24. The third kappa shape index (κ3) is 3.03. The Morgan fingerprint density at radius 3 is 2.92 bits per heavy atom. The van der Waals surface area contributed by atoms with Gasteiger partial charge in [-0.1, -0.05) is 12.1 Å². The lowest BCUT2D eigenvalue weighted by Gasteiger charge is -2.07. The van der Waals surface area contributed by atoms with Crippen LogP contribution in [-0.4, -0.2) is 19.8 Å². The minimum absolute atomic E-state index is 0.410. The van der Waals surface area contributed by atoms with Gasteiger partial charge >= 0.3 is 0 Å². The lowest BCUT2D eigenvalue weighted by atomic mass is 10.1. The zero-order valence-corrected chi connectivity index (χ0v) is 7.66. The Bertz CT molecular complexity index is 265. The fourth-order valence-electron chi connectivity index (χ4n) is 1.16. The van der Waals surface area contributed by atoms with Gasteiger partial charge < -0.3 is 10.5 Å². The third-order valence-corrected chi connectivity index (χ3v) is 1.83. The summed E-state index contributed by atoms with van der Waals surface area (Å²) >= 11 is 0. The molecule has 2 N–H and O–H groups in total. The molecule has 1 atom stereocenters. The second-order valence-electron chi connectivity index (χ2n) is 2.97. The van der Waals surface area contributed by atoms with Gasteiger partial charge in [0.05, 0.1) is 7.11 Å². The molecule has 0 fully saturated rings. The van der Waals surface area contributed by atoms with Gasteiger partial charge in [-0.05, 0) is 24.1 Å². The maximum atomic E-state index is 12.1. The first-order valence-electron chi connectivity index (χ1n) is 4.20. The highest BCUT2D eigenvalue weighted by Gasteiger charge is 2.03.